The van der Waals surface area contributed by atoms with Crippen LogP contribution >= 0.6 is 12.4 Å². The molecular formula is C23H20ClF3N2O. The molecule has 2 aromatic heterocycles. The molecule has 0 aliphatic rings. The molecule has 0 fully saturated rings. The Morgan fingerprint density at radius 3 is 2.33 bits per heavy atom. The van der Waals surface area contributed by atoms with Crippen LogP contribution in [0.4, 0.5) is 13.2 Å². The Morgan fingerprint density at radius 2 is 1.63 bits per heavy atom. The molecule has 0 amide bonds. The van der Waals surface area contributed by atoms with Crippen molar-refractivity contribution in [1.82, 2.24) is 9.55 Å². The van der Waals surface area contributed by atoms with Crippen molar-refractivity contribution in [3.63, 3.8) is 0 Å². The van der Waals surface area contributed by atoms with E-state index < -0.39 is 11.6 Å². The van der Waals surface area contributed by atoms with E-state index in [0.29, 0.717) is 12.2 Å². The largest absolute Gasteiger partial charge is 0.484 e. The molecule has 2 heterocycles. The summed E-state index contributed by atoms with van der Waals surface area (Å²) >= 11 is 0. The van der Waals surface area contributed by atoms with Crippen LogP contribution in [0.3, 0.4) is 0 Å². The third kappa shape index (κ3) is 4.14. The molecule has 0 radical (unpaired) electrons. The predicted molar refractivity (Wildman–Crippen MR) is 113 cm³/mol. The highest BCUT2D eigenvalue weighted by molar-refractivity contribution is 5.87. The molecule has 0 saturated heterocycles. The van der Waals surface area contributed by atoms with Gasteiger partial charge in [-0.3, -0.25) is 4.98 Å². The third-order valence-corrected chi connectivity index (χ3v) is 5.13. The number of aromatic nitrogens is 2. The number of aryl methyl sites for hydroxylation is 1. The SMILES string of the molecule is Cc1c(C)n(Cc2ccc(F)cc2)c2c(COc3ccc(F)cc3F)nccc12.Cl. The standard InChI is InChI=1S/C23H19F3N2O.ClH/c1-14-15(2)28(12-16-3-5-17(24)6-4-16)23-19(14)9-10-27-21(23)13-29-22-8-7-18(25)11-20(22)26;/h3-11H,12-13H2,1-2H3;1H. The normalized spacial score (nSPS) is 10.8. The van der Waals surface area contributed by atoms with E-state index in [9.17, 15) is 13.2 Å². The van der Waals surface area contributed by atoms with Crippen molar-refractivity contribution >= 4 is 23.3 Å². The number of pyridine rings is 1. The summed E-state index contributed by atoms with van der Waals surface area (Å²) in [5.74, 6) is -1.73. The first kappa shape index (κ1) is 21.7. The zero-order valence-corrected chi connectivity index (χ0v) is 17.3. The second-order valence-corrected chi connectivity index (χ2v) is 6.94. The Labute approximate surface area is 178 Å². The first-order valence-electron chi connectivity index (χ1n) is 9.19. The van der Waals surface area contributed by atoms with E-state index in [2.05, 4.69) is 9.55 Å². The molecule has 0 unspecified atom stereocenters. The van der Waals surface area contributed by atoms with Gasteiger partial charge in [0.2, 0.25) is 0 Å². The number of hydrogen-bond acceptors (Lipinski definition) is 2. The minimum Gasteiger partial charge on any atom is -0.484 e. The maximum Gasteiger partial charge on any atom is 0.167 e. The molecule has 0 N–H and O–H groups in total. The van der Waals surface area contributed by atoms with Gasteiger partial charge in [-0.1, -0.05) is 12.1 Å². The summed E-state index contributed by atoms with van der Waals surface area (Å²) in [6.45, 7) is 4.62. The van der Waals surface area contributed by atoms with Crippen LogP contribution in [-0.4, -0.2) is 9.55 Å². The molecule has 0 spiro atoms. The lowest BCUT2D eigenvalue weighted by Crippen LogP contribution is -2.07. The molecule has 0 aliphatic heterocycles. The van der Waals surface area contributed by atoms with Crippen LogP contribution in [0.25, 0.3) is 10.9 Å². The van der Waals surface area contributed by atoms with Gasteiger partial charge >= 0.3 is 0 Å². The number of hydrogen-bond donors (Lipinski definition) is 0. The summed E-state index contributed by atoms with van der Waals surface area (Å²) in [6, 6.07) is 11.5. The summed E-state index contributed by atoms with van der Waals surface area (Å²) in [6.07, 6.45) is 1.69. The van der Waals surface area contributed by atoms with Gasteiger partial charge in [0.15, 0.2) is 11.6 Å². The van der Waals surface area contributed by atoms with Crippen molar-refractivity contribution in [3.8, 4) is 5.75 Å². The molecule has 0 bridgehead atoms. The number of halogens is 4. The number of nitrogens with zero attached hydrogens (tertiary/aromatic N) is 2. The molecule has 0 atom stereocenters. The maximum absolute atomic E-state index is 13.9. The molecule has 2 aromatic carbocycles. The summed E-state index contributed by atoms with van der Waals surface area (Å²) in [5, 5.41) is 1.03. The molecule has 156 valence electrons. The van der Waals surface area contributed by atoms with Gasteiger partial charge in [-0.05, 0) is 55.3 Å². The van der Waals surface area contributed by atoms with Gasteiger partial charge in [-0.15, -0.1) is 12.4 Å². The van der Waals surface area contributed by atoms with E-state index in [-0.39, 0.29) is 30.6 Å². The second kappa shape index (κ2) is 8.79. The molecule has 7 heteroatoms. The highest BCUT2D eigenvalue weighted by Crippen LogP contribution is 2.29. The fourth-order valence-corrected chi connectivity index (χ4v) is 3.48. The topological polar surface area (TPSA) is 27.1 Å². The smallest absolute Gasteiger partial charge is 0.167 e. The zero-order valence-electron chi connectivity index (χ0n) is 16.5. The zero-order chi connectivity index (χ0) is 20.5. The van der Waals surface area contributed by atoms with Gasteiger partial charge in [-0.25, -0.2) is 13.2 Å². The number of ether oxygens (including phenoxy) is 1. The van der Waals surface area contributed by atoms with Crippen LogP contribution in [0, 0.1) is 31.3 Å². The van der Waals surface area contributed by atoms with Crippen molar-refractivity contribution in [2.24, 2.45) is 0 Å². The summed E-state index contributed by atoms with van der Waals surface area (Å²) in [7, 11) is 0. The maximum atomic E-state index is 13.9. The van der Waals surface area contributed by atoms with E-state index >= 15 is 0 Å². The van der Waals surface area contributed by atoms with Crippen molar-refractivity contribution in [1.29, 1.82) is 0 Å². The molecule has 30 heavy (non-hydrogen) atoms. The minimum absolute atomic E-state index is 0. The first-order valence-corrected chi connectivity index (χ1v) is 9.19. The van der Waals surface area contributed by atoms with Gasteiger partial charge in [0.1, 0.15) is 23.9 Å². The number of rotatable bonds is 5. The lowest BCUT2D eigenvalue weighted by Gasteiger charge is -2.12. The van der Waals surface area contributed by atoms with Gasteiger partial charge in [0.05, 0.1) is 5.52 Å². The molecule has 0 aliphatic carbocycles. The Hall–Kier alpha value is -2.99. The lowest BCUT2D eigenvalue weighted by atomic mass is 10.2. The quantitative estimate of drug-likeness (QED) is 0.380. The Bertz CT molecular complexity index is 1190. The van der Waals surface area contributed by atoms with E-state index in [4.69, 9.17) is 4.74 Å². The summed E-state index contributed by atoms with van der Waals surface area (Å²) in [5.41, 5.74) is 4.65. The monoisotopic (exact) mass is 432 g/mol. The van der Waals surface area contributed by atoms with Crippen LogP contribution in [0.5, 0.6) is 5.75 Å². The average Bonchev–Trinajstić information content (AvgIpc) is 2.94. The first-order chi connectivity index (χ1) is 13.9. The van der Waals surface area contributed by atoms with E-state index in [1.807, 2.05) is 19.9 Å². The summed E-state index contributed by atoms with van der Waals surface area (Å²) < 4.78 is 48.0. The van der Waals surface area contributed by atoms with E-state index in [1.165, 1.54) is 18.2 Å². The van der Waals surface area contributed by atoms with Crippen molar-refractivity contribution < 1.29 is 17.9 Å². The van der Waals surface area contributed by atoms with Gasteiger partial charge in [0.25, 0.3) is 0 Å². The van der Waals surface area contributed by atoms with E-state index in [1.54, 1.807) is 18.3 Å². The molecular weight excluding hydrogens is 413 g/mol. The molecule has 0 saturated carbocycles. The van der Waals surface area contributed by atoms with Crippen molar-refractivity contribution in [3.05, 3.63) is 94.7 Å². The highest BCUT2D eigenvalue weighted by atomic mass is 35.5. The number of benzene rings is 2. The average molecular weight is 433 g/mol. The molecule has 4 aromatic rings. The minimum atomic E-state index is -0.758. The van der Waals surface area contributed by atoms with Crippen LogP contribution in [-0.2, 0) is 13.2 Å². The lowest BCUT2D eigenvalue weighted by molar-refractivity contribution is 0.286. The van der Waals surface area contributed by atoms with Crippen molar-refractivity contribution in [2.45, 2.75) is 27.0 Å². The second-order valence-electron chi connectivity index (χ2n) is 6.94. The van der Waals surface area contributed by atoms with Crippen LogP contribution in [0.1, 0.15) is 22.5 Å². The van der Waals surface area contributed by atoms with Crippen LogP contribution < -0.4 is 4.74 Å². The van der Waals surface area contributed by atoms with Crippen LogP contribution in [0.15, 0.2) is 54.7 Å². The Kier molecular flexibility index (Phi) is 6.37. The molecule has 3 nitrogen and oxygen atoms in total. The van der Waals surface area contributed by atoms with Gasteiger partial charge < -0.3 is 9.30 Å². The van der Waals surface area contributed by atoms with Crippen LogP contribution in [0.2, 0.25) is 0 Å². The Balaban J connectivity index is 0.00000256. The fraction of sp³-hybridized carbons (Fsp3) is 0.174. The Morgan fingerprint density at radius 1 is 0.933 bits per heavy atom. The predicted octanol–water partition coefficient (Wildman–Crippen LogP) is 6.12. The highest BCUT2D eigenvalue weighted by Gasteiger charge is 2.16. The van der Waals surface area contributed by atoms with Gasteiger partial charge in [-0.2, -0.15) is 0 Å². The van der Waals surface area contributed by atoms with Gasteiger partial charge in [0, 0.05) is 29.9 Å². The summed E-state index contributed by atoms with van der Waals surface area (Å²) in [4.78, 5) is 4.44. The van der Waals surface area contributed by atoms with E-state index in [0.717, 1.165) is 39.9 Å². The number of fused-ring (bicyclic) bond motifs is 1. The fourth-order valence-electron chi connectivity index (χ4n) is 3.48. The third-order valence-electron chi connectivity index (χ3n) is 5.13. The van der Waals surface area contributed by atoms with Crippen molar-refractivity contribution in [2.75, 3.05) is 0 Å². The molecule has 4 rings (SSSR count).